The van der Waals surface area contributed by atoms with Gasteiger partial charge in [-0.15, -0.1) is 0 Å². The zero-order chi connectivity index (χ0) is 11.1. The van der Waals surface area contributed by atoms with Gasteiger partial charge in [-0.25, -0.2) is 0 Å². The predicted octanol–water partition coefficient (Wildman–Crippen LogP) is 4.47. The highest BCUT2D eigenvalue weighted by Gasteiger charge is 2.08. The molecule has 15 heavy (non-hydrogen) atoms. The lowest BCUT2D eigenvalue weighted by Gasteiger charge is -2.12. The van der Waals surface area contributed by atoms with Crippen LogP contribution in [0.4, 0.5) is 0 Å². The number of rotatable bonds is 6. The van der Waals surface area contributed by atoms with Crippen LogP contribution in [-0.2, 0) is 0 Å². The fourth-order valence-corrected chi connectivity index (χ4v) is 1.94. The molecule has 0 fully saturated rings. The van der Waals surface area contributed by atoms with Crippen LogP contribution in [0.2, 0.25) is 0 Å². The maximum atomic E-state index is 9.68. The second-order valence-electron chi connectivity index (χ2n) is 4.31. The summed E-state index contributed by atoms with van der Waals surface area (Å²) in [4.78, 5) is 0. The zero-order valence-electron chi connectivity index (χ0n) is 9.87. The molecule has 0 aromatic heterocycles. The molecule has 1 N–H and O–H groups in total. The van der Waals surface area contributed by atoms with Crippen molar-refractivity contribution in [2.75, 3.05) is 0 Å². The number of benzene rings is 1. The molecule has 84 valence electrons. The van der Waals surface area contributed by atoms with Gasteiger partial charge in [0.1, 0.15) is 5.75 Å². The molecular weight excluding hydrogens is 184 g/mol. The van der Waals surface area contributed by atoms with E-state index in [4.69, 9.17) is 0 Å². The van der Waals surface area contributed by atoms with Gasteiger partial charge >= 0.3 is 0 Å². The molecule has 1 aromatic carbocycles. The minimum atomic E-state index is 0.445. The first-order chi connectivity index (χ1) is 7.25. The van der Waals surface area contributed by atoms with Gasteiger partial charge in [0.15, 0.2) is 0 Å². The Morgan fingerprint density at radius 1 is 1.13 bits per heavy atom. The number of phenols is 1. The summed E-state index contributed by atoms with van der Waals surface area (Å²) in [5.74, 6) is 0.920. The Morgan fingerprint density at radius 3 is 2.53 bits per heavy atom. The Hall–Kier alpha value is -0.980. The second kappa shape index (κ2) is 6.49. The van der Waals surface area contributed by atoms with Crippen LogP contribution in [-0.4, -0.2) is 5.11 Å². The second-order valence-corrected chi connectivity index (χ2v) is 4.31. The highest BCUT2D eigenvalue weighted by atomic mass is 16.3. The van der Waals surface area contributed by atoms with Gasteiger partial charge in [0.2, 0.25) is 0 Å². The number of phenolic OH excluding ortho intramolecular Hbond substituents is 1. The monoisotopic (exact) mass is 206 g/mol. The van der Waals surface area contributed by atoms with Crippen molar-refractivity contribution in [2.24, 2.45) is 0 Å². The van der Waals surface area contributed by atoms with Crippen molar-refractivity contribution >= 4 is 0 Å². The Balaban J connectivity index is 2.40. The first-order valence-corrected chi connectivity index (χ1v) is 6.03. The highest BCUT2D eigenvalue weighted by Crippen LogP contribution is 2.28. The van der Waals surface area contributed by atoms with E-state index in [9.17, 15) is 5.11 Å². The summed E-state index contributed by atoms with van der Waals surface area (Å²) in [6.45, 7) is 4.42. The molecular formula is C14H22O. The Kier molecular flexibility index (Phi) is 5.23. The van der Waals surface area contributed by atoms with Gasteiger partial charge in [0, 0.05) is 0 Å². The fourth-order valence-electron chi connectivity index (χ4n) is 1.94. The lowest BCUT2D eigenvalue weighted by molar-refractivity contribution is 0.458. The molecule has 0 bridgehead atoms. The molecule has 0 amide bonds. The summed E-state index contributed by atoms with van der Waals surface area (Å²) < 4.78 is 0. The Morgan fingerprint density at radius 2 is 1.87 bits per heavy atom. The van der Waals surface area contributed by atoms with Gasteiger partial charge in [-0.3, -0.25) is 0 Å². The standard InChI is InChI=1S/C14H22O/c1-3-4-5-6-9-12(2)13-10-7-8-11-14(13)15/h7-8,10-12,15H,3-6,9H2,1-2H3. The van der Waals surface area contributed by atoms with Crippen LogP contribution < -0.4 is 0 Å². The molecule has 1 heteroatoms. The molecule has 0 saturated carbocycles. The van der Waals surface area contributed by atoms with Gasteiger partial charge in [0.05, 0.1) is 0 Å². The number of unbranched alkanes of at least 4 members (excludes halogenated alkanes) is 3. The van der Waals surface area contributed by atoms with Crippen molar-refractivity contribution in [2.45, 2.75) is 51.9 Å². The highest BCUT2D eigenvalue weighted by molar-refractivity contribution is 5.34. The quantitative estimate of drug-likeness (QED) is 0.681. The van der Waals surface area contributed by atoms with Gasteiger partial charge in [-0.05, 0) is 24.0 Å². The van der Waals surface area contributed by atoms with Crippen LogP contribution in [0.15, 0.2) is 24.3 Å². The Bertz CT molecular complexity index is 280. The number of hydrogen-bond donors (Lipinski definition) is 1. The molecule has 0 aliphatic rings. The molecule has 1 aromatic rings. The third-order valence-corrected chi connectivity index (χ3v) is 2.96. The molecule has 0 aliphatic carbocycles. The minimum absolute atomic E-state index is 0.445. The number of hydrogen-bond acceptors (Lipinski definition) is 1. The summed E-state index contributed by atoms with van der Waals surface area (Å²) in [6, 6.07) is 7.68. The van der Waals surface area contributed by atoms with E-state index in [0.717, 1.165) is 5.56 Å². The topological polar surface area (TPSA) is 20.2 Å². The minimum Gasteiger partial charge on any atom is -0.508 e. The van der Waals surface area contributed by atoms with E-state index in [2.05, 4.69) is 13.8 Å². The van der Waals surface area contributed by atoms with Crippen molar-refractivity contribution < 1.29 is 5.11 Å². The molecule has 0 saturated heterocycles. The lowest BCUT2D eigenvalue weighted by Crippen LogP contribution is -1.94. The van der Waals surface area contributed by atoms with Gasteiger partial charge in [-0.1, -0.05) is 57.7 Å². The van der Waals surface area contributed by atoms with Crippen LogP contribution in [0.3, 0.4) is 0 Å². The largest absolute Gasteiger partial charge is 0.508 e. The number of aromatic hydroxyl groups is 1. The zero-order valence-corrected chi connectivity index (χ0v) is 9.87. The summed E-state index contributed by atoms with van der Waals surface area (Å²) >= 11 is 0. The molecule has 1 unspecified atom stereocenters. The van der Waals surface area contributed by atoms with E-state index >= 15 is 0 Å². The summed E-state index contributed by atoms with van der Waals surface area (Å²) in [7, 11) is 0. The van der Waals surface area contributed by atoms with Crippen LogP contribution in [0.5, 0.6) is 5.75 Å². The molecule has 1 nitrogen and oxygen atoms in total. The molecule has 0 radical (unpaired) electrons. The average Bonchev–Trinajstić information content (AvgIpc) is 2.25. The van der Waals surface area contributed by atoms with E-state index < -0.39 is 0 Å². The van der Waals surface area contributed by atoms with Gasteiger partial charge in [0.25, 0.3) is 0 Å². The molecule has 1 rings (SSSR count). The van der Waals surface area contributed by atoms with Crippen molar-refractivity contribution in [3.8, 4) is 5.75 Å². The maximum absolute atomic E-state index is 9.68. The predicted molar refractivity (Wildman–Crippen MR) is 65.3 cm³/mol. The fraction of sp³-hybridized carbons (Fsp3) is 0.571. The third kappa shape index (κ3) is 3.94. The van der Waals surface area contributed by atoms with Crippen molar-refractivity contribution in [3.05, 3.63) is 29.8 Å². The first kappa shape index (κ1) is 12.1. The van der Waals surface area contributed by atoms with Crippen molar-refractivity contribution in [1.82, 2.24) is 0 Å². The number of para-hydroxylation sites is 1. The molecule has 0 heterocycles. The average molecular weight is 206 g/mol. The van der Waals surface area contributed by atoms with Crippen LogP contribution >= 0.6 is 0 Å². The normalized spacial score (nSPS) is 12.7. The Labute approximate surface area is 93.1 Å². The van der Waals surface area contributed by atoms with Crippen LogP contribution in [0, 0.1) is 0 Å². The summed E-state index contributed by atoms with van der Waals surface area (Å²) in [5, 5.41) is 9.68. The van der Waals surface area contributed by atoms with E-state index in [1.807, 2.05) is 18.2 Å². The van der Waals surface area contributed by atoms with Gasteiger partial charge in [-0.2, -0.15) is 0 Å². The first-order valence-electron chi connectivity index (χ1n) is 6.03. The lowest BCUT2D eigenvalue weighted by atomic mass is 9.94. The smallest absolute Gasteiger partial charge is 0.119 e. The van der Waals surface area contributed by atoms with E-state index in [1.54, 1.807) is 6.07 Å². The van der Waals surface area contributed by atoms with Crippen LogP contribution in [0.1, 0.15) is 57.4 Å². The SMILES string of the molecule is CCCCCCC(C)c1ccccc1O. The van der Waals surface area contributed by atoms with E-state index in [-0.39, 0.29) is 0 Å². The van der Waals surface area contributed by atoms with E-state index in [1.165, 1.54) is 32.1 Å². The summed E-state index contributed by atoms with van der Waals surface area (Å²) in [5.41, 5.74) is 1.09. The molecule has 0 aliphatic heterocycles. The third-order valence-electron chi connectivity index (χ3n) is 2.96. The molecule has 0 spiro atoms. The van der Waals surface area contributed by atoms with Gasteiger partial charge < -0.3 is 5.11 Å². The summed E-state index contributed by atoms with van der Waals surface area (Å²) in [6.07, 6.45) is 6.37. The van der Waals surface area contributed by atoms with E-state index in [0.29, 0.717) is 11.7 Å². The van der Waals surface area contributed by atoms with Crippen molar-refractivity contribution in [1.29, 1.82) is 0 Å². The maximum Gasteiger partial charge on any atom is 0.119 e. The van der Waals surface area contributed by atoms with Crippen LogP contribution in [0.25, 0.3) is 0 Å². The van der Waals surface area contributed by atoms with Crippen molar-refractivity contribution in [3.63, 3.8) is 0 Å². The molecule has 1 atom stereocenters.